The standard InChI is InChI=1S/C12H14FNO3/c13-9-5-7(12(6-14)2-1-3-12)4-8(10(9)15)11(16)17/h4-5,15H,1-3,6,14H2,(H,16,17). The van der Waals surface area contributed by atoms with Crippen molar-refractivity contribution >= 4 is 5.97 Å². The molecule has 0 aromatic heterocycles. The van der Waals surface area contributed by atoms with Gasteiger partial charge in [0.1, 0.15) is 5.56 Å². The first kappa shape index (κ1) is 11.9. The van der Waals surface area contributed by atoms with Crippen LogP contribution in [0.25, 0.3) is 0 Å². The molecule has 4 nitrogen and oxygen atoms in total. The first-order valence-electron chi connectivity index (χ1n) is 5.46. The fraction of sp³-hybridized carbons (Fsp3) is 0.417. The Bertz CT molecular complexity index is 464. The van der Waals surface area contributed by atoms with Crippen LogP contribution in [0.4, 0.5) is 4.39 Å². The Morgan fingerprint density at radius 2 is 2.12 bits per heavy atom. The number of rotatable bonds is 3. The van der Waals surface area contributed by atoms with E-state index >= 15 is 0 Å². The lowest BCUT2D eigenvalue weighted by molar-refractivity contribution is 0.0692. The summed E-state index contributed by atoms with van der Waals surface area (Å²) in [6, 6.07) is 2.51. The van der Waals surface area contributed by atoms with Crippen LogP contribution < -0.4 is 5.73 Å². The summed E-state index contributed by atoms with van der Waals surface area (Å²) in [6.07, 6.45) is 2.65. The summed E-state index contributed by atoms with van der Waals surface area (Å²) in [7, 11) is 0. The van der Waals surface area contributed by atoms with Gasteiger partial charge >= 0.3 is 5.97 Å². The molecule has 1 aromatic carbocycles. The van der Waals surface area contributed by atoms with Crippen molar-refractivity contribution in [3.05, 3.63) is 29.1 Å². The summed E-state index contributed by atoms with van der Waals surface area (Å²) >= 11 is 0. The molecule has 0 heterocycles. The first-order chi connectivity index (χ1) is 8.00. The minimum absolute atomic E-state index is 0.321. The molecule has 17 heavy (non-hydrogen) atoms. The number of hydrogen-bond acceptors (Lipinski definition) is 3. The predicted molar refractivity (Wildman–Crippen MR) is 59.6 cm³/mol. The van der Waals surface area contributed by atoms with Gasteiger partial charge in [0.15, 0.2) is 11.6 Å². The lowest BCUT2D eigenvalue weighted by Gasteiger charge is -2.41. The van der Waals surface area contributed by atoms with Gasteiger partial charge in [0.2, 0.25) is 0 Å². The van der Waals surface area contributed by atoms with Crippen molar-refractivity contribution in [2.75, 3.05) is 6.54 Å². The minimum atomic E-state index is -1.34. The Balaban J connectivity index is 2.53. The van der Waals surface area contributed by atoms with E-state index in [9.17, 15) is 14.3 Å². The predicted octanol–water partition coefficient (Wildman–Crippen LogP) is 1.61. The summed E-state index contributed by atoms with van der Waals surface area (Å²) < 4.78 is 13.5. The van der Waals surface area contributed by atoms with Crippen molar-refractivity contribution in [2.24, 2.45) is 5.73 Å². The molecule has 1 aromatic rings. The van der Waals surface area contributed by atoms with E-state index < -0.39 is 23.1 Å². The molecule has 5 heteroatoms. The molecule has 1 aliphatic carbocycles. The number of phenols is 1. The number of benzene rings is 1. The van der Waals surface area contributed by atoms with Crippen molar-refractivity contribution in [3.63, 3.8) is 0 Å². The number of carboxylic acid groups (broad SMARTS) is 1. The molecule has 92 valence electrons. The van der Waals surface area contributed by atoms with Crippen LogP contribution in [0.3, 0.4) is 0 Å². The molecule has 4 N–H and O–H groups in total. The van der Waals surface area contributed by atoms with Crippen molar-refractivity contribution in [3.8, 4) is 5.75 Å². The SMILES string of the molecule is NCC1(c2cc(F)c(O)c(C(=O)O)c2)CCC1. The molecule has 1 fully saturated rings. The Hall–Kier alpha value is -1.62. The fourth-order valence-corrected chi connectivity index (χ4v) is 2.28. The van der Waals surface area contributed by atoms with Crippen molar-refractivity contribution in [1.29, 1.82) is 0 Å². The zero-order valence-electron chi connectivity index (χ0n) is 9.24. The number of hydrogen-bond donors (Lipinski definition) is 3. The van der Waals surface area contributed by atoms with Crippen LogP contribution in [-0.4, -0.2) is 22.7 Å². The summed E-state index contributed by atoms with van der Waals surface area (Å²) in [4.78, 5) is 10.9. The third kappa shape index (κ3) is 1.76. The summed E-state index contributed by atoms with van der Waals surface area (Å²) in [6.45, 7) is 0.357. The third-order valence-corrected chi connectivity index (χ3v) is 3.61. The van der Waals surface area contributed by atoms with Crippen LogP contribution in [0.2, 0.25) is 0 Å². The largest absolute Gasteiger partial charge is 0.504 e. The van der Waals surface area contributed by atoms with Crippen molar-refractivity contribution in [1.82, 2.24) is 0 Å². The molecular formula is C12H14FNO3. The van der Waals surface area contributed by atoms with E-state index in [1.807, 2.05) is 0 Å². The van der Waals surface area contributed by atoms with Gasteiger partial charge in [-0.3, -0.25) is 0 Å². The lowest BCUT2D eigenvalue weighted by atomic mass is 9.64. The highest BCUT2D eigenvalue weighted by Crippen LogP contribution is 2.44. The maximum absolute atomic E-state index is 13.5. The molecule has 0 saturated heterocycles. The van der Waals surface area contributed by atoms with Gasteiger partial charge in [0.05, 0.1) is 0 Å². The van der Waals surface area contributed by atoms with E-state index in [0.717, 1.165) is 19.3 Å². The molecule has 0 spiro atoms. The molecule has 1 aliphatic rings. The average Bonchev–Trinajstić information content (AvgIpc) is 2.21. The van der Waals surface area contributed by atoms with E-state index in [1.165, 1.54) is 12.1 Å². The van der Waals surface area contributed by atoms with E-state index in [4.69, 9.17) is 10.8 Å². The molecule has 0 amide bonds. The molecule has 0 atom stereocenters. The summed E-state index contributed by atoms with van der Waals surface area (Å²) in [5.74, 6) is -3.05. The van der Waals surface area contributed by atoms with E-state index in [1.54, 1.807) is 0 Å². The highest BCUT2D eigenvalue weighted by molar-refractivity contribution is 5.91. The monoisotopic (exact) mass is 239 g/mol. The van der Waals surface area contributed by atoms with Crippen LogP contribution in [-0.2, 0) is 5.41 Å². The second kappa shape index (κ2) is 4.00. The van der Waals surface area contributed by atoms with Crippen LogP contribution >= 0.6 is 0 Å². The Labute approximate surface area is 97.9 Å². The number of aromatic carboxylic acids is 1. The van der Waals surface area contributed by atoms with Crippen molar-refractivity contribution in [2.45, 2.75) is 24.7 Å². The summed E-state index contributed by atoms with van der Waals surface area (Å²) in [5.41, 5.74) is 5.53. The van der Waals surface area contributed by atoms with Crippen LogP contribution in [0.1, 0.15) is 35.2 Å². The second-order valence-electron chi connectivity index (χ2n) is 4.50. The zero-order valence-corrected chi connectivity index (χ0v) is 9.24. The van der Waals surface area contributed by atoms with Gasteiger partial charge in [-0.2, -0.15) is 0 Å². The number of carboxylic acids is 1. The number of carbonyl (C=O) groups is 1. The highest BCUT2D eigenvalue weighted by Gasteiger charge is 2.38. The maximum atomic E-state index is 13.5. The second-order valence-corrected chi connectivity index (χ2v) is 4.50. The molecule has 1 saturated carbocycles. The normalized spacial score (nSPS) is 17.5. The Morgan fingerprint density at radius 3 is 2.53 bits per heavy atom. The van der Waals surface area contributed by atoms with Gasteiger partial charge in [0.25, 0.3) is 0 Å². The number of nitrogens with two attached hydrogens (primary N) is 1. The maximum Gasteiger partial charge on any atom is 0.339 e. The molecule has 2 rings (SSSR count). The molecule has 0 unspecified atom stereocenters. The molecule has 0 bridgehead atoms. The smallest absolute Gasteiger partial charge is 0.339 e. The number of aromatic hydroxyl groups is 1. The first-order valence-corrected chi connectivity index (χ1v) is 5.46. The summed E-state index contributed by atoms with van der Waals surface area (Å²) in [5, 5.41) is 18.2. The number of halogens is 1. The van der Waals surface area contributed by atoms with Gasteiger partial charge in [-0.15, -0.1) is 0 Å². The van der Waals surface area contributed by atoms with Crippen LogP contribution in [0, 0.1) is 5.82 Å². The van der Waals surface area contributed by atoms with Crippen LogP contribution in [0.5, 0.6) is 5.75 Å². The van der Waals surface area contributed by atoms with E-state index in [2.05, 4.69) is 0 Å². The van der Waals surface area contributed by atoms with Crippen LogP contribution in [0.15, 0.2) is 12.1 Å². The third-order valence-electron chi connectivity index (χ3n) is 3.61. The van der Waals surface area contributed by atoms with Gasteiger partial charge in [-0.25, -0.2) is 9.18 Å². The quantitative estimate of drug-likeness (QED) is 0.748. The Morgan fingerprint density at radius 1 is 1.47 bits per heavy atom. The minimum Gasteiger partial charge on any atom is -0.504 e. The van der Waals surface area contributed by atoms with Gasteiger partial charge < -0.3 is 15.9 Å². The zero-order chi connectivity index (χ0) is 12.6. The molecule has 0 aliphatic heterocycles. The Kier molecular flexibility index (Phi) is 2.79. The van der Waals surface area contributed by atoms with Gasteiger partial charge in [-0.1, -0.05) is 6.42 Å². The molecule has 0 radical (unpaired) electrons. The highest BCUT2D eigenvalue weighted by atomic mass is 19.1. The topological polar surface area (TPSA) is 83.5 Å². The lowest BCUT2D eigenvalue weighted by Crippen LogP contribution is -2.41. The van der Waals surface area contributed by atoms with Gasteiger partial charge in [-0.05, 0) is 30.5 Å². The van der Waals surface area contributed by atoms with E-state index in [-0.39, 0.29) is 5.41 Å². The van der Waals surface area contributed by atoms with E-state index in [0.29, 0.717) is 12.1 Å². The van der Waals surface area contributed by atoms with Gasteiger partial charge in [0, 0.05) is 12.0 Å². The fourth-order valence-electron chi connectivity index (χ4n) is 2.28. The van der Waals surface area contributed by atoms with Crippen molar-refractivity contribution < 1.29 is 19.4 Å². The molecular weight excluding hydrogens is 225 g/mol. The average molecular weight is 239 g/mol.